The molecule has 0 saturated heterocycles. The predicted octanol–water partition coefficient (Wildman–Crippen LogP) is -0.200. The van der Waals surface area contributed by atoms with Gasteiger partial charge in [0, 0.05) is 17.7 Å². The van der Waals surface area contributed by atoms with Gasteiger partial charge in [-0.15, -0.1) is 0 Å². The predicted molar refractivity (Wildman–Crippen MR) is 65.8 cm³/mol. The van der Waals surface area contributed by atoms with Gasteiger partial charge in [-0.2, -0.15) is 0 Å². The molecule has 0 unspecified atom stereocenters. The highest BCUT2D eigenvalue weighted by Crippen LogP contribution is 2.15. The number of carbonyl (C=O) groups is 3. The smallest absolute Gasteiger partial charge is 0.323 e. The van der Waals surface area contributed by atoms with Gasteiger partial charge in [-0.25, -0.2) is 0 Å². The zero-order chi connectivity index (χ0) is 13.9. The first-order chi connectivity index (χ1) is 8.31. The molecule has 0 spiro atoms. The lowest BCUT2D eigenvalue weighted by molar-refractivity contribution is -0.138. The molecule has 1 aromatic heterocycles. The Balaban J connectivity index is 2.97. The fourth-order valence-electron chi connectivity index (χ4n) is 1.45. The summed E-state index contributed by atoms with van der Waals surface area (Å²) in [5.74, 6) is -2.54. The van der Waals surface area contributed by atoms with Crippen LogP contribution in [0.2, 0.25) is 0 Å². The number of aliphatic carboxylic acids is 1. The first kappa shape index (κ1) is 14.2. The second-order valence-corrected chi connectivity index (χ2v) is 4.59. The maximum absolute atomic E-state index is 12.1. The second kappa shape index (κ2) is 5.67. The lowest BCUT2D eigenvalue weighted by atomic mass is 10.3. The Labute approximate surface area is 111 Å². The van der Waals surface area contributed by atoms with Gasteiger partial charge in [-0.3, -0.25) is 14.4 Å². The van der Waals surface area contributed by atoms with Crippen LogP contribution in [0.25, 0.3) is 0 Å². The number of primary amides is 1. The minimum absolute atomic E-state index is 0.268. The van der Waals surface area contributed by atoms with Crippen LogP contribution in [0.15, 0.2) is 16.7 Å². The number of hydrogen-bond acceptors (Lipinski definition) is 3. The van der Waals surface area contributed by atoms with Gasteiger partial charge in [0.2, 0.25) is 5.91 Å². The number of nitrogens with zero attached hydrogens (tertiary/aromatic N) is 2. The number of carboxylic acid groups (broad SMARTS) is 1. The van der Waals surface area contributed by atoms with Gasteiger partial charge >= 0.3 is 5.97 Å². The molecule has 7 nitrogen and oxygen atoms in total. The number of halogens is 1. The molecule has 0 atom stereocenters. The fraction of sp³-hybridized carbons (Fsp3) is 0.300. The zero-order valence-corrected chi connectivity index (χ0v) is 11.2. The summed E-state index contributed by atoms with van der Waals surface area (Å²) in [6, 6.07) is 1.54. The van der Waals surface area contributed by atoms with E-state index in [1.54, 1.807) is 13.2 Å². The van der Waals surface area contributed by atoms with Crippen molar-refractivity contribution in [2.75, 3.05) is 13.1 Å². The van der Waals surface area contributed by atoms with Crippen LogP contribution in [-0.4, -0.2) is 45.4 Å². The van der Waals surface area contributed by atoms with Crippen LogP contribution in [-0.2, 0) is 16.6 Å². The summed E-state index contributed by atoms with van der Waals surface area (Å²) < 4.78 is 2.21. The largest absolute Gasteiger partial charge is 0.480 e. The van der Waals surface area contributed by atoms with E-state index in [1.165, 1.54) is 10.6 Å². The van der Waals surface area contributed by atoms with Crippen molar-refractivity contribution in [3.63, 3.8) is 0 Å². The van der Waals surface area contributed by atoms with Gasteiger partial charge in [-0.1, -0.05) is 0 Å². The molecule has 1 heterocycles. The molecule has 0 aliphatic rings. The maximum atomic E-state index is 12.1. The third kappa shape index (κ3) is 3.59. The molecule has 8 heteroatoms. The van der Waals surface area contributed by atoms with Crippen molar-refractivity contribution in [2.45, 2.75) is 0 Å². The zero-order valence-electron chi connectivity index (χ0n) is 9.59. The Hall–Kier alpha value is -1.83. The van der Waals surface area contributed by atoms with Crippen LogP contribution in [0.5, 0.6) is 0 Å². The van der Waals surface area contributed by atoms with E-state index in [9.17, 15) is 14.4 Å². The van der Waals surface area contributed by atoms with Crippen LogP contribution in [0.1, 0.15) is 10.5 Å². The van der Waals surface area contributed by atoms with Crippen molar-refractivity contribution in [3.8, 4) is 0 Å². The third-order valence-electron chi connectivity index (χ3n) is 2.15. The number of aromatic nitrogens is 1. The van der Waals surface area contributed by atoms with E-state index < -0.39 is 30.9 Å². The summed E-state index contributed by atoms with van der Waals surface area (Å²) >= 11 is 3.20. The highest BCUT2D eigenvalue weighted by atomic mass is 79.9. The summed E-state index contributed by atoms with van der Waals surface area (Å²) in [7, 11) is 1.64. The lowest BCUT2D eigenvalue weighted by Crippen LogP contribution is -2.42. The molecule has 0 aromatic carbocycles. The van der Waals surface area contributed by atoms with Crippen LogP contribution < -0.4 is 5.73 Å². The van der Waals surface area contributed by atoms with E-state index in [2.05, 4.69) is 15.9 Å². The molecule has 0 saturated carbocycles. The van der Waals surface area contributed by atoms with Gasteiger partial charge in [0.25, 0.3) is 5.91 Å². The topological polar surface area (TPSA) is 106 Å². The van der Waals surface area contributed by atoms with E-state index in [4.69, 9.17) is 10.8 Å². The highest BCUT2D eigenvalue weighted by molar-refractivity contribution is 9.10. The van der Waals surface area contributed by atoms with Crippen molar-refractivity contribution in [1.82, 2.24) is 9.47 Å². The third-order valence-corrected chi connectivity index (χ3v) is 2.58. The molecular weight excluding hydrogens is 306 g/mol. The van der Waals surface area contributed by atoms with Gasteiger partial charge < -0.3 is 20.3 Å². The summed E-state index contributed by atoms with van der Waals surface area (Å²) in [6.07, 6.45) is 1.65. The van der Waals surface area contributed by atoms with Gasteiger partial charge in [-0.05, 0) is 22.0 Å². The molecule has 0 fully saturated rings. The van der Waals surface area contributed by atoms with Gasteiger partial charge in [0.1, 0.15) is 18.8 Å². The molecule has 0 aliphatic heterocycles. The second-order valence-electron chi connectivity index (χ2n) is 3.68. The first-order valence-corrected chi connectivity index (χ1v) is 5.71. The molecule has 98 valence electrons. The molecule has 1 rings (SSSR count). The first-order valence-electron chi connectivity index (χ1n) is 4.92. The molecule has 0 bridgehead atoms. The summed E-state index contributed by atoms with van der Waals surface area (Å²) in [5.41, 5.74) is 5.25. The maximum Gasteiger partial charge on any atom is 0.323 e. The quantitative estimate of drug-likeness (QED) is 0.784. The van der Waals surface area contributed by atoms with Crippen LogP contribution >= 0.6 is 15.9 Å². The molecule has 0 radical (unpaired) electrons. The molecular formula is C10H12BrN3O4. The van der Waals surface area contributed by atoms with Crippen molar-refractivity contribution >= 4 is 33.7 Å². The average molecular weight is 318 g/mol. The molecule has 0 aliphatic carbocycles. The Morgan fingerprint density at radius 2 is 2.06 bits per heavy atom. The molecule has 3 N–H and O–H groups in total. The van der Waals surface area contributed by atoms with E-state index in [0.29, 0.717) is 4.47 Å². The van der Waals surface area contributed by atoms with E-state index in [1.807, 2.05) is 0 Å². The van der Waals surface area contributed by atoms with Crippen molar-refractivity contribution in [1.29, 1.82) is 0 Å². The number of aryl methyl sites for hydroxylation is 1. The number of carboxylic acids is 1. The number of rotatable bonds is 5. The number of amides is 2. The minimum Gasteiger partial charge on any atom is -0.480 e. The summed E-state index contributed by atoms with van der Waals surface area (Å²) in [6.45, 7) is -1.02. The van der Waals surface area contributed by atoms with E-state index in [0.717, 1.165) is 4.90 Å². The van der Waals surface area contributed by atoms with Crippen molar-refractivity contribution in [3.05, 3.63) is 22.4 Å². The average Bonchev–Trinajstić information content (AvgIpc) is 2.54. The summed E-state index contributed by atoms with van der Waals surface area (Å²) in [5, 5.41) is 8.71. The van der Waals surface area contributed by atoms with Crippen molar-refractivity contribution in [2.24, 2.45) is 12.8 Å². The van der Waals surface area contributed by atoms with Crippen LogP contribution in [0.3, 0.4) is 0 Å². The van der Waals surface area contributed by atoms with Crippen LogP contribution in [0.4, 0.5) is 0 Å². The Kier molecular flexibility index (Phi) is 4.49. The number of hydrogen-bond donors (Lipinski definition) is 2. The fourth-order valence-corrected chi connectivity index (χ4v) is 1.97. The molecule has 1 aromatic rings. The number of nitrogens with two attached hydrogens (primary N) is 1. The van der Waals surface area contributed by atoms with E-state index in [-0.39, 0.29) is 5.69 Å². The standard InChI is InChI=1S/C10H12BrN3O4/c1-13-3-6(11)2-7(13)10(18)14(4-8(12)15)5-9(16)17/h2-3H,4-5H2,1H3,(H2,12,15)(H,16,17). The molecule has 18 heavy (non-hydrogen) atoms. The van der Waals surface area contributed by atoms with Crippen molar-refractivity contribution < 1.29 is 19.5 Å². The Morgan fingerprint density at radius 1 is 1.44 bits per heavy atom. The normalized spacial score (nSPS) is 10.1. The lowest BCUT2D eigenvalue weighted by Gasteiger charge is -2.19. The van der Waals surface area contributed by atoms with Gasteiger partial charge in [0.15, 0.2) is 0 Å². The Bertz CT molecular complexity index is 481. The summed E-state index contributed by atoms with van der Waals surface area (Å²) in [4.78, 5) is 34.4. The monoisotopic (exact) mass is 317 g/mol. The van der Waals surface area contributed by atoms with Crippen LogP contribution in [0, 0.1) is 0 Å². The minimum atomic E-state index is -1.21. The van der Waals surface area contributed by atoms with E-state index >= 15 is 0 Å². The molecule has 2 amide bonds. The SMILES string of the molecule is Cn1cc(Br)cc1C(=O)N(CC(N)=O)CC(=O)O. The Morgan fingerprint density at radius 3 is 2.44 bits per heavy atom. The van der Waals surface area contributed by atoms with Gasteiger partial charge in [0.05, 0.1) is 0 Å². The number of carbonyl (C=O) groups excluding carboxylic acids is 2. The highest BCUT2D eigenvalue weighted by Gasteiger charge is 2.22.